The van der Waals surface area contributed by atoms with E-state index in [1.807, 2.05) is 46.0 Å². The highest BCUT2D eigenvalue weighted by molar-refractivity contribution is 8.00. The lowest BCUT2D eigenvalue weighted by Gasteiger charge is -2.08. The van der Waals surface area contributed by atoms with Crippen LogP contribution in [0.1, 0.15) is 17.0 Å². The maximum absolute atomic E-state index is 12.1. The van der Waals surface area contributed by atoms with Gasteiger partial charge in [0, 0.05) is 17.6 Å². The molecule has 0 aliphatic carbocycles. The predicted octanol–water partition coefficient (Wildman–Crippen LogP) is 2.66. The maximum atomic E-state index is 12.1. The number of carbonyl (C=O) groups is 1. The first-order valence-corrected chi connectivity index (χ1v) is 7.66. The van der Waals surface area contributed by atoms with Gasteiger partial charge in [-0.2, -0.15) is 5.10 Å². The molecule has 0 unspecified atom stereocenters. The normalized spacial score (nSPS) is 10.7. The van der Waals surface area contributed by atoms with Gasteiger partial charge < -0.3 is 11.1 Å². The largest absolute Gasteiger partial charge is 0.398 e. The smallest absolute Gasteiger partial charge is 0.234 e. The summed E-state index contributed by atoms with van der Waals surface area (Å²) in [6.07, 6.45) is 0. The number of nitrogens with two attached hydrogens (primary N) is 1. The van der Waals surface area contributed by atoms with Gasteiger partial charge in [-0.3, -0.25) is 9.48 Å². The molecular weight excluding hydrogens is 284 g/mol. The van der Waals surface area contributed by atoms with Crippen LogP contribution < -0.4 is 11.1 Å². The molecule has 112 valence electrons. The quantitative estimate of drug-likeness (QED) is 0.673. The second-order valence-electron chi connectivity index (χ2n) is 5.05. The van der Waals surface area contributed by atoms with Crippen molar-refractivity contribution in [3.63, 3.8) is 0 Å². The van der Waals surface area contributed by atoms with Crippen LogP contribution in [0.2, 0.25) is 0 Å². The minimum Gasteiger partial charge on any atom is -0.398 e. The standard InChI is InChI=1S/C15H20N4OS/c1-9-5-6-13(12(16)7-9)21-8-14(20)17-15-10(2)18-19(4)11(15)3/h5-7H,8,16H2,1-4H3,(H,17,20). The summed E-state index contributed by atoms with van der Waals surface area (Å²) in [5.41, 5.74) is 10.3. The average molecular weight is 304 g/mol. The van der Waals surface area contributed by atoms with E-state index in [0.29, 0.717) is 11.4 Å². The van der Waals surface area contributed by atoms with Gasteiger partial charge in [0.15, 0.2) is 0 Å². The molecule has 0 spiro atoms. The molecule has 21 heavy (non-hydrogen) atoms. The van der Waals surface area contributed by atoms with E-state index in [0.717, 1.165) is 27.5 Å². The van der Waals surface area contributed by atoms with Crippen LogP contribution in [0.4, 0.5) is 11.4 Å². The molecule has 0 aliphatic heterocycles. The highest BCUT2D eigenvalue weighted by atomic mass is 32.2. The van der Waals surface area contributed by atoms with Crippen molar-refractivity contribution in [3.05, 3.63) is 35.2 Å². The van der Waals surface area contributed by atoms with E-state index in [4.69, 9.17) is 5.73 Å². The van der Waals surface area contributed by atoms with Gasteiger partial charge in [-0.15, -0.1) is 11.8 Å². The Morgan fingerprint density at radius 1 is 1.38 bits per heavy atom. The van der Waals surface area contributed by atoms with Gasteiger partial charge in [-0.25, -0.2) is 0 Å². The second-order valence-corrected chi connectivity index (χ2v) is 6.06. The zero-order chi connectivity index (χ0) is 15.6. The molecular formula is C15H20N4OS. The topological polar surface area (TPSA) is 72.9 Å². The van der Waals surface area contributed by atoms with Gasteiger partial charge in [-0.1, -0.05) is 6.07 Å². The first-order chi connectivity index (χ1) is 9.88. The summed E-state index contributed by atoms with van der Waals surface area (Å²) in [4.78, 5) is 13.0. The van der Waals surface area contributed by atoms with Gasteiger partial charge >= 0.3 is 0 Å². The van der Waals surface area contributed by atoms with Crippen LogP contribution in [0, 0.1) is 20.8 Å². The lowest BCUT2D eigenvalue weighted by Crippen LogP contribution is -2.15. The van der Waals surface area contributed by atoms with Crippen LogP contribution in [-0.2, 0) is 11.8 Å². The fourth-order valence-corrected chi connectivity index (χ4v) is 2.82. The molecule has 0 bridgehead atoms. The van der Waals surface area contributed by atoms with Crippen molar-refractivity contribution in [1.82, 2.24) is 9.78 Å². The average Bonchev–Trinajstić information content (AvgIpc) is 2.64. The van der Waals surface area contributed by atoms with Crippen LogP contribution in [0.25, 0.3) is 0 Å². The molecule has 0 aliphatic rings. The van der Waals surface area contributed by atoms with E-state index < -0.39 is 0 Å². The Labute approximate surface area is 128 Å². The van der Waals surface area contributed by atoms with Gasteiger partial charge in [0.2, 0.25) is 5.91 Å². The lowest BCUT2D eigenvalue weighted by molar-refractivity contribution is -0.113. The number of nitrogens with one attached hydrogen (secondary N) is 1. The molecule has 3 N–H and O–H groups in total. The van der Waals surface area contributed by atoms with Gasteiger partial charge in [0.05, 0.1) is 22.8 Å². The first kappa shape index (κ1) is 15.4. The Hall–Kier alpha value is -1.95. The van der Waals surface area contributed by atoms with Gasteiger partial charge in [-0.05, 0) is 38.5 Å². The zero-order valence-electron chi connectivity index (χ0n) is 12.7. The molecule has 5 nitrogen and oxygen atoms in total. The van der Waals surface area contributed by atoms with E-state index in [1.54, 1.807) is 4.68 Å². The molecule has 0 saturated carbocycles. The highest BCUT2D eigenvalue weighted by Crippen LogP contribution is 2.26. The molecule has 2 aromatic rings. The number of aryl methyl sites for hydroxylation is 3. The van der Waals surface area contributed by atoms with Crippen LogP contribution in [0.15, 0.2) is 23.1 Å². The van der Waals surface area contributed by atoms with Crippen molar-refractivity contribution in [2.24, 2.45) is 7.05 Å². The molecule has 6 heteroatoms. The monoisotopic (exact) mass is 304 g/mol. The number of aromatic nitrogens is 2. The molecule has 0 atom stereocenters. The second kappa shape index (κ2) is 6.22. The third-order valence-electron chi connectivity index (χ3n) is 3.30. The summed E-state index contributed by atoms with van der Waals surface area (Å²) >= 11 is 1.44. The molecule has 0 saturated heterocycles. The van der Waals surface area contributed by atoms with Gasteiger partial charge in [0.1, 0.15) is 0 Å². The van der Waals surface area contributed by atoms with E-state index in [-0.39, 0.29) is 5.91 Å². The molecule has 1 amide bonds. The Balaban J connectivity index is 1.99. The van der Waals surface area contributed by atoms with E-state index in [1.165, 1.54) is 11.8 Å². The summed E-state index contributed by atoms with van der Waals surface area (Å²) < 4.78 is 1.76. The lowest BCUT2D eigenvalue weighted by atomic mass is 10.2. The summed E-state index contributed by atoms with van der Waals surface area (Å²) in [5, 5.41) is 7.20. The zero-order valence-corrected chi connectivity index (χ0v) is 13.5. The summed E-state index contributed by atoms with van der Waals surface area (Å²) in [6, 6.07) is 5.85. The fourth-order valence-electron chi connectivity index (χ4n) is 2.07. The highest BCUT2D eigenvalue weighted by Gasteiger charge is 2.13. The van der Waals surface area contributed by atoms with E-state index in [9.17, 15) is 4.79 Å². The summed E-state index contributed by atoms with van der Waals surface area (Å²) in [7, 11) is 1.86. The number of rotatable bonds is 4. The number of carbonyl (C=O) groups excluding carboxylic acids is 1. The number of amides is 1. The maximum Gasteiger partial charge on any atom is 0.234 e. The number of nitrogen functional groups attached to an aromatic ring is 1. The third kappa shape index (κ3) is 3.58. The Morgan fingerprint density at radius 3 is 2.67 bits per heavy atom. The number of benzene rings is 1. The Morgan fingerprint density at radius 2 is 2.10 bits per heavy atom. The van der Waals surface area contributed by atoms with Crippen molar-refractivity contribution in [3.8, 4) is 0 Å². The summed E-state index contributed by atoms with van der Waals surface area (Å²) in [5.74, 6) is 0.264. The Kier molecular flexibility index (Phi) is 4.57. The number of hydrogen-bond donors (Lipinski definition) is 2. The summed E-state index contributed by atoms with van der Waals surface area (Å²) in [6.45, 7) is 5.81. The number of anilines is 2. The molecule has 0 radical (unpaired) electrons. The third-order valence-corrected chi connectivity index (χ3v) is 4.39. The van der Waals surface area contributed by atoms with Crippen molar-refractivity contribution >= 4 is 29.0 Å². The minimum atomic E-state index is -0.0563. The molecule has 1 aromatic carbocycles. The van der Waals surface area contributed by atoms with Crippen molar-refractivity contribution in [2.45, 2.75) is 25.7 Å². The molecule has 1 aromatic heterocycles. The van der Waals surface area contributed by atoms with Crippen molar-refractivity contribution in [2.75, 3.05) is 16.8 Å². The van der Waals surface area contributed by atoms with Crippen molar-refractivity contribution < 1.29 is 4.79 Å². The molecule has 1 heterocycles. The Bertz CT molecular complexity index is 679. The molecule has 0 fully saturated rings. The number of thioether (sulfide) groups is 1. The van der Waals surface area contributed by atoms with E-state index >= 15 is 0 Å². The number of hydrogen-bond acceptors (Lipinski definition) is 4. The van der Waals surface area contributed by atoms with E-state index in [2.05, 4.69) is 10.4 Å². The molecule has 2 rings (SSSR count). The van der Waals surface area contributed by atoms with Crippen LogP contribution in [0.5, 0.6) is 0 Å². The van der Waals surface area contributed by atoms with Crippen LogP contribution in [-0.4, -0.2) is 21.4 Å². The predicted molar refractivity (Wildman–Crippen MR) is 87.6 cm³/mol. The number of nitrogens with zero attached hydrogens (tertiary/aromatic N) is 2. The SMILES string of the molecule is Cc1ccc(SCC(=O)Nc2c(C)nn(C)c2C)c(N)c1. The first-order valence-electron chi connectivity index (χ1n) is 6.67. The van der Waals surface area contributed by atoms with Crippen molar-refractivity contribution in [1.29, 1.82) is 0 Å². The van der Waals surface area contributed by atoms with Crippen LogP contribution >= 0.6 is 11.8 Å². The minimum absolute atomic E-state index is 0.0563. The van der Waals surface area contributed by atoms with Crippen LogP contribution in [0.3, 0.4) is 0 Å². The van der Waals surface area contributed by atoms with Gasteiger partial charge in [0.25, 0.3) is 0 Å². The fraction of sp³-hybridized carbons (Fsp3) is 0.333.